The Hall–Kier alpha value is -1.26. The van der Waals surface area contributed by atoms with Crippen LogP contribution in [0.25, 0.3) is 0 Å². The van der Waals surface area contributed by atoms with Gasteiger partial charge in [0.15, 0.2) is 5.96 Å². The molecule has 0 radical (unpaired) electrons. The molecule has 5 heteroatoms. The maximum atomic E-state index is 11.6. The Labute approximate surface area is 124 Å². The van der Waals surface area contributed by atoms with E-state index in [0.29, 0.717) is 13.0 Å². The minimum atomic E-state index is 0.0882. The van der Waals surface area contributed by atoms with Crippen molar-refractivity contribution in [2.45, 2.75) is 65.3 Å². The second-order valence-electron chi connectivity index (χ2n) is 5.11. The first kappa shape index (κ1) is 18.7. The van der Waals surface area contributed by atoms with Crippen LogP contribution in [0.15, 0.2) is 4.99 Å². The zero-order valence-corrected chi connectivity index (χ0v) is 13.6. The first-order valence-corrected chi connectivity index (χ1v) is 7.87. The summed E-state index contributed by atoms with van der Waals surface area (Å²) in [7, 11) is 1.75. The average Bonchev–Trinajstić information content (AvgIpc) is 2.44. The normalized spacial score (nSPS) is 12.9. The van der Waals surface area contributed by atoms with Crippen LogP contribution in [-0.2, 0) is 4.79 Å². The van der Waals surface area contributed by atoms with Crippen LogP contribution in [0.5, 0.6) is 0 Å². The van der Waals surface area contributed by atoms with Gasteiger partial charge in [0.25, 0.3) is 0 Å². The number of carbonyl (C=O) groups is 1. The fourth-order valence-corrected chi connectivity index (χ4v) is 1.72. The maximum absolute atomic E-state index is 11.6. The molecule has 0 aromatic rings. The fraction of sp³-hybridized carbons (Fsp3) is 0.867. The van der Waals surface area contributed by atoms with E-state index < -0.39 is 0 Å². The van der Waals surface area contributed by atoms with Gasteiger partial charge in [-0.3, -0.25) is 9.79 Å². The predicted octanol–water partition coefficient (Wildman–Crippen LogP) is 2.04. The van der Waals surface area contributed by atoms with Gasteiger partial charge in [0.05, 0.1) is 0 Å². The minimum absolute atomic E-state index is 0.0882. The Kier molecular flexibility index (Phi) is 12.0. The molecule has 118 valence electrons. The third kappa shape index (κ3) is 10.6. The standard InChI is InChI=1S/C15H32N4O/c1-5-7-8-9-11-17-15(16-4)18-12-10-14(20)19-13(3)6-2/h13H,5-12H2,1-4H3,(H,19,20)(H2,16,17,18). The molecule has 0 rings (SSSR count). The largest absolute Gasteiger partial charge is 0.356 e. The van der Waals surface area contributed by atoms with E-state index in [1.54, 1.807) is 7.05 Å². The molecule has 1 amide bonds. The van der Waals surface area contributed by atoms with Crippen molar-refractivity contribution in [3.63, 3.8) is 0 Å². The molecule has 0 aromatic carbocycles. The number of nitrogens with zero attached hydrogens (tertiary/aromatic N) is 1. The number of hydrogen-bond acceptors (Lipinski definition) is 2. The average molecular weight is 284 g/mol. The molecule has 0 aliphatic carbocycles. The van der Waals surface area contributed by atoms with Crippen LogP contribution in [-0.4, -0.2) is 38.0 Å². The zero-order valence-electron chi connectivity index (χ0n) is 13.6. The van der Waals surface area contributed by atoms with Gasteiger partial charge in [-0.2, -0.15) is 0 Å². The fourth-order valence-electron chi connectivity index (χ4n) is 1.72. The highest BCUT2D eigenvalue weighted by Crippen LogP contribution is 1.96. The molecule has 0 saturated carbocycles. The highest BCUT2D eigenvalue weighted by molar-refractivity contribution is 5.81. The summed E-state index contributed by atoms with van der Waals surface area (Å²) in [6, 6.07) is 0.249. The van der Waals surface area contributed by atoms with Gasteiger partial charge in [-0.15, -0.1) is 0 Å². The first-order chi connectivity index (χ1) is 9.63. The van der Waals surface area contributed by atoms with E-state index in [1.807, 2.05) is 6.92 Å². The van der Waals surface area contributed by atoms with Crippen molar-refractivity contribution in [3.05, 3.63) is 0 Å². The van der Waals surface area contributed by atoms with Crippen molar-refractivity contribution < 1.29 is 4.79 Å². The summed E-state index contributed by atoms with van der Waals surface area (Å²) in [4.78, 5) is 15.7. The van der Waals surface area contributed by atoms with E-state index in [0.717, 1.165) is 25.3 Å². The van der Waals surface area contributed by atoms with Gasteiger partial charge in [0.2, 0.25) is 5.91 Å². The van der Waals surface area contributed by atoms with Crippen LogP contribution in [0.3, 0.4) is 0 Å². The molecular weight excluding hydrogens is 252 g/mol. The summed E-state index contributed by atoms with van der Waals surface area (Å²) >= 11 is 0. The van der Waals surface area contributed by atoms with Gasteiger partial charge in [0, 0.05) is 32.6 Å². The van der Waals surface area contributed by atoms with E-state index in [1.165, 1.54) is 19.3 Å². The Morgan fingerprint density at radius 3 is 2.40 bits per heavy atom. The molecule has 0 fully saturated rings. The lowest BCUT2D eigenvalue weighted by Gasteiger charge is -2.13. The van der Waals surface area contributed by atoms with Crippen LogP contribution in [0.2, 0.25) is 0 Å². The molecule has 0 aliphatic rings. The predicted molar refractivity (Wildman–Crippen MR) is 86.0 cm³/mol. The van der Waals surface area contributed by atoms with Gasteiger partial charge in [-0.05, 0) is 19.8 Å². The van der Waals surface area contributed by atoms with E-state index in [-0.39, 0.29) is 11.9 Å². The summed E-state index contributed by atoms with van der Waals surface area (Å²) < 4.78 is 0. The van der Waals surface area contributed by atoms with Crippen LogP contribution in [0.4, 0.5) is 0 Å². The molecule has 1 unspecified atom stereocenters. The number of aliphatic imine (C=N–C) groups is 1. The Bertz CT molecular complexity index is 279. The quantitative estimate of drug-likeness (QED) is 0.327. The van der Waals surface area contributed by atoms with Gasteiger partial charge in [0.1, 0.15) is 0 Å². The maximum Gasteiger partial charge on any atom is 0.221 e. The second kappa shape index (κ2) is 12.8. The van der Waals surface area contributed by atoms with E-state index in [9.17, 15) is 4.79 Å². The van der Waals surface area contributed by atoms with Crippen molar-refractivity contribution in [2.24, 2.45) is 4.99 Å². The molecule has 1 atom stereocenters. The van der Waals surface area contributed by atoms with Crippen LogP contribution < -0.4 is 16.0 Å². The van der Waals surface area contributed by atoms with Crippen molar-refractivity contribution in [1.82, 2.24) is 16.0 Å². The minimum Gasteiger partial charge on any atom is -0.356 e. The lowest BCUT2D eigenvalue weighted by Crippen LogP contribution is -2.40. The van der Waals surface area contributed by atoms with E-state index in [4.69, 9.17) is 0 Å². The van der Waals surface area contributed by atoms with E-state index in [2.05, 4.69) is 34.8 Å². The van der Waals surface area contributed by atoms with Crippen molar-refractivity contribution >= 4 is 11.9 Å². The SMILES string of the molecule is CCCCCCNC(=NC)NCCC(=O)NC(C)CC. The summed E-state index contributed by atoms with van der Waals surface area (Å²) in [6.45, 7) is 7.82. The molecular formula is C15H32N4O. The summed E-state index contributed by atoms with van der Waals surface area (Å²) in [5, 5.41) is 9.37. The molecule has 0 saturated heterocycles. The number of amides is 1. The molecule has 0 heterocycles. The smallest absolute Gasteiger partial charge is 0.221 e. The number of rotatable bonds is 10. The number of guanidine groups is 1. The van der Waals surface area contributed by atoms with Gasteiger partial charge < -0.3 is 16.0 Å². The topological polar surface area (TPSA) is 65.5 Å². The lowest BCUT2D eigenvalue weighted by atomic mass is 10.2. The Balaban J connectivity index is 3.67. The van der Waals surface area contributed by atoms with Crippen LogP contribution in [0.1, 0.15) is 59.3 Å². The van der Waals surface area contributed by atoms with Crippen molar-refractivity contribution in [2.75, 3.05) is 20.1 Å². The molecule has 0 aromatic heterocycles. The zero-order chi connectivity index (χ0) is 15.2. The lowest BCUT2D eigenvalue weighted by molar-refractivity contribution is -0.121. The van der Waals surface area contributed by atoms with Gasteiger partial charge in [-0.25, -0.2) is 0 Å². The summed E-state index contributed by atoms with van der Waals surface area (Å²) in [5.74, 6) is 0.864. The highest BCUT2D eigenvalue weighted by Gasteiger charge is 2.05. The molecule has 5 nitrogen and oxygen atoms in total. The Morgan fingerprint density at radius 1 is 1.10 bits per heavy atom. The van der Waals surface area contributed by atoms with Gasteiger partial charge >= 0.3 is 0 Å². The molecule has 3 N–H and O–H groups in total. The first-order valence-electron chi connectivity index (χ1n) is 7.87. The van der Waals surface area contributed by atoms with E-state index >= 15 is 0 Å². The number of nitrogens with one attached hydrogen (secondary N) is 3. The monoisotopic (exact) mass is 284 g/mol. The third-order valence-corrected chi connectivity index (χ3v) is 3.21. The molecule has 0 bridgehead atoms. The summed E-state index contributed by atoms with van der Waals surface area (Å²) in [6.07, 6.45) is 6.36. The number of hydrogen-bond donors (Lipinski definition) is 3. The number of unbranched alkanes of at least 4 members (excludes halogenated alkanes) is 3. The molecule has 20 heavy (non-hydrogen) atoms. The molecule has 0 spiro atoms. The van der Waals surface area contributed by atoms with Crippen LogP contribution in [0, 0.1) is 0 Å². The van der Waals surface area contributed by atoms with Crippen molar-refractivity contribution in [1.29, 1.82) is 0 Å². The Morgan fingerprint density at radius 2 is 1.80 bits per heavy atom. The van der Waals surface area contributed by atoms with Crippen LogP contribution >= 0.6 is 0 Å². The second-order valence-corrected chi connectivity index (χ2v) is 5.11. The molecule has 0 aliphatic heterocycles. The van der Waals surface area contributed by atoms with Gasteiger partial charge in [-0.1, -0.05) is 33.1 Å². The highest BCUT2D eigenvalue weighted by atomic mass is 16.1. The summed E-state index contributed by atoms with van der Waals surface area (Å²) in [5.41, 5.74) is 0. The number of carbonyl (C=O) groups excluding carboxylic acids is 1. The third-order valence-electron chi connectivity index (χ3n) is 3.21. The van der Waals surface area contributed by atoms with Crippen molar-refractivity contribution in [3.8, 4) is 0 Å².